The largest absolute Gasteiger partial charge is 0.343 e. The number of hydrogen-bond donors (Lipinski definition) is 0. The van der Waals surface area contributed by atoms with Gasteiger partial charge in [0.05, 0.1) is 17.9 Å². The number of benzene rings is 3. The average molecular weight is 396 g/mol. The van der Waals surface area contributed by atoms with E-state index in [9.17, 15) is 17.6 Å². The van der Waals surface area contributed by atoms with Crippen molar-refractivity contribution in [2.24, 2.45) is 0 Å². The number of carbonyl (C=O) groups excluding carboxylic acids is 1. The number of amides is 2. The third kappa shape index (κ3) is 2.84. The Bertz CT molecular complexity index is 1180. The zero-order valence-corrected chi connectivity index (χ0v) is 15.9. The number of carbonyl (C=O) groups is 1. The van der Waals surface area contributed by atoms with Gasteiger partial charge in [0, 0.05) is 5.56 Å². The highest BCUT2D eigenvalue weighted by Gasteiger charge is 2.42. The predicted molar refractivity (Wildman–Crippen MR) is 105 cm³/mol. The molecule has 0 radical (unpaired) electrons. The molecule has 0 bridgehead atoms. The van der Waals surface area contributed by atoms with Gasteiger partial charge in [-0.1, -0.05) is 48.5 Å². The van der Waals surface area contributed by atoms with Crippen molar-refractivity contribution in [2.75, 3.05) is 9.21 Å². The van der Waals surface area contributed by atoms with Crippen LogP contribution in [0.4, 0.5) is 20.6 Å². The monoisotopic (exact) mass is 396 g/mol. The lowest BCUT2D eigenvalue weighted by Crippen LogP contribution is -2.51. The number of aryl methyl sites for hydroxylation is 1. The molecular weight excluding hydrogens is 379 g/mol. The molecule has 4 rings (SSSR count). The third-order valence-electron chi connectivity index (χ3n) is 4.70. The molecule has 0 aromatic heterocycles. The quantitative estimate of drug-likeness (QED) is 0.656. The molecule has 0 aliphatic carbocycles. The minimum absolute atomic E-state index is 0.00851. The van der Waals surface area contributed by atoms with Gasteiger partial charge >= 0.3 is 6.03 Å². The molecule has 1 aliphatic heterocycles. The summed E-state index contributed by atoms with van der Waals surface area (Å²) in [5.74, 6) is -0.455. The number of halogens is 1. The van der Waals surface area contributed by atoms with Crippen LogP contribution in [-0.4, -0.2) is 14.4 Å². The van der Waals surface area contributed by atoms with Gasteiger partial charge in [-0.25, -0.2) is 17.6 Å². The first-order valence-corrected chi connectivity index (χ1v) is 10.1. The second kappa shape index (κ2) is 6.76. The number of rotatable bonds is 3. The van der Waals surface area contributed by atoms with Crippen LogP contribution in [0.1, 0.15) is 11.1 Å². The molecule has 1 heterocycles. The standard InChI is InChI=1S/C21H17FN2O3S/c1-15-8-2-5-11-18(15)24-21(25)23(14-16-9-3-4-10-17(16)22)19-12-6-7-13-20(19)28(24,26)27/h2-13H,14H2,1H3. The van der Waals surface area contributed by atoms with Crippen molar-refractivity contribution in [3.05, 3.63) is 89.7 Å². The van der Waals surface area contributed by atoms with Crippen LogP contribution in [0.3, 0.4) is 0 Å². The normalized spacial score (nSPS) is 15.4. The molecule has 3 aromatic rings. The molecule has 0 saturated heterocycles. The number of para-hydroxylation sites is 2. The molecule has 0 fully saturated rings. The molecule has 142 valence electrons. The van der Waals surface area contributed by atoms with Crippen LogP contribution in [-0.2, 0) is 16.6 Å². The molecule has 2 amide bonds. The molecule has 0 spiro atoms. The van der Waals surface area contributed by atoms with Crippen molar-refractivity contribution in [3.8, 4) is 0 Å². The second-order valence-electron chi connectivity index (χ2n) is 6.48. The van der Waals surface area contributed by atoms with Crippen LogP contribution in [0.2, 0.25) is 0 Å². The lowest BCUT2D eigenvalue weighted by atomic mass is 10.1. The summed E-state index contributed by atoms with van der Waals surface area (Å²) in [6.45, 7) is 1.65. The molecule has 0 saturated carbocycles. The van der Waals surface area contributed by atoms with Gasteiger partial charge in [0.25, 0.3) is 10.0 Å². The van der Waals surface area contributed by atoms with E-state index < -0.39 is 21.9 Å². The minimum Gasteiger partial charge on any atom is -0.287 e. The van der Waals surface area contributed by atoms with Crippen molar-refractivity contribution in [3.63, 3.8) is 0 Å². The maximum absolute atomic E-state index is 14.2. The molecule has 5 nitrogen and oxygen atoms in total. The number of nitrogens with zero attached hydrogens (tertiary/aromatic N) is 2. The summed E-state index contributed by atoms with van der Waals surface area (Å²) < 4.78 is 41.5. The Labute approximate surface area is 162 Å². The zero-order chi connectivity index (χ0) is 19.9. The highest BCUT2D eigenvalue weighted by molar-refractivity contribution is 7.94. The van der Waals surface area contributed by atoms with E-state index in [4.69, 9.17) is 0 Å². The number of urea groups is 1. The van der Waals surface area contributed by atoms with E-state index in [1.165, 1.54) is 17.0 Å². The summed E-state index contributed by atoms with van der Waals surface area (Å²) in [4.78, 5) is 14.6. The molecule has 3 aromatic carbocycles. The van der Waals surface area contributed by atoms with Gasteiger partial charge in [0.1, 0.15) is 10.7 Å². The zero-order valence-electron chi connectivity index (χ0n) is 15.0. The smallest absolute Gasteiger partial charge is 0.287 e. The van der Waals surface area contributed by atoms with Crippen LogP contribution in [0.25, 0.3) is 0 Å². The van der Waals surface area contributed by atoms with E-state index in [0.29, 0.717) is 11.1 Å². The average Bonchev–Trinajstić information content (AvgIpc) is 2.68. The Kier molecular flexibility index (Phi) is 4.39. The summed E-state index contributed by atoms with van der Waals surface area (Å²) in [6.07, 6.45) is 0. The Morgan fingerprint density at radius 2 is 1.46 bits per heavy atom. The van der Waals surface area contributed by atoms with Crippen molar-refractivity contribution >= 4 is 27.4 Å². The highest BCUT2D eigenvalue weighted by atomic mass is 32.2. The predicted octanol–water partition coefficient (Wildman–Crippen LogP) is 4.47. The maximum Gasteiger partial charge on any atom is 0.343 e. The van der Waals surface area contributed by atoms with Crippen LogP contribution in [0.5, 0.6) is 0 Å². The summed E-state index contributed by atoms with van der Waals surface area (Å²) in [6, 6.07) is 18.4. The summed E-state index contributed by atoms with van der Waals surface area (Å²) in [5.41, 5.74) is 1.46. The fraction of sp³-hybridized carbons (Fsp3) is 0.0952. The lowest BCUT2D eigenvalue weighted by molar-refractivity contribution is 0.253. The number of sulfonamides is 1. The van der Waals surface area contributed by atoms with Gasteiger partial charge in [-0.15, -0.1) is 0 Å². The number of anilines is 2. The number of fused-ring (bicyclic) bond motifs is 1. The third-order valence-corrected chi connectivity index (χ3v) is 6.43. The van der Waals surface area contributed by atoms with Crippen LogP contribution < -0.4 is 9.21 Å². The van der Waals surface area contributed by atoms with Crippen LogP contribution in [0, 0.1) is 12.7 Å². The van der Waals surface area contributed by atoms with Crippen molar-refractivity contribution in [1.82, 2.24) is 0 Å². The van der Waals surface area contributed by atoms with E-state index in [1.807, 2.05) is 0 Å². The summed E-state index contributed by atoms with van der Waals surface area (Å²) >= 11 is 0. The molecule has 0 N–H and O–H groups in total. The first-order chi connectivity index (χ1) is 13.4. The molecule has 0 unspecified atom stereocenters. The molecule has 1 aliphatic rings. The minimum atomic E-state index is -4.09. The Hall–Kier alpha value is -3.19. The first kappa shape index (κ1) is 18.2. The van der Waals surface area contributed by atoms with Gasteiger partial charge in [0.15, 0.2) is 0 Å². The van der Waals surface area contributed by atoms with Crippen molar-refractivity contribution in [1.29, 1.82) is 0 Å². The van der Waals surface area contributed by atoms with E-state index in [0.717, 1.165) is 4.31 Å². The molecule has 7 heteroatoms. The van der Waals surface area contributed by atoms with Crippen LogP contribution in [0.15, 0.2) is 77.7 Å². The molecule has 0 atom stereocenters. The SMILES string of the molecule is Cc1ccccc1N1C(=O)N(Cc2ccccc2F)c2ccccc2S1(=O)=O. The Morgan fingerprint density at radius 3 is 2.18 bits per heavy atom. The number of hydrogen-bond acceptors (Lipinski definition) is 3. The summed E-state index contributed by atoms with van der Waals surface area (Å²) in [5, 5.41) is 0. The lowest BCUT2D eigenvalue weighted by Gasteiger charge is -2.36. The van der Waals surface area contributed by atoms with Crippen LogP contribution >= 0.6 is 0 Å². The van der Waals surface area contributed by atoms with Gasteiger partial charge in [-0.2, -0.15) is 4.31 Å². The second-order valence-corrected chi connectivity index (χ2v) is 8.24. The van der Waals surface area contributed by atoms with E-state index in [-0.39, 0.29) is 22.8 Å². The maximum atomic E-state index is 14.2. The fourth-order valence-electron chi connectivity index (χ4n) is 3.29. The topological polar surface area (TPSA) is 57.7 Å². The van der Waals surface area contributed by atoms with E-state index in [1.54, 1.807) is 67.6 Å². The molecule has 28 heavy (non-hydrogen) atoms. The Balaban J connectivity index is 1.91. The van der Waals surface area contributed by atoms with Crippen molar-refractivity contribution in [2.45, 2.75) is 18.4 Å². The van der Waals surface area contributed by atoms with E-state index >= 15 is 0 Å². The van der Waals surface area contributed by atoms with Gasteiger partial charge in [0.2, 0.25) is 0 Å². The van der Waals surface area contributed by atoms with Gasteiger partial charge in [-0.3, -0.25) is 4.90 Å². The molecular formula is C21H17FN2O3S. The van der Waals surface area contributed by atoms with Gasteiger partial charge < -0.3 is 0 Å². The Morgan fingerprint density at radius 1 is 0.857 bits per heavy atom. The first-order valence-electron chi connectivity index (χ1n) is 8.66. The van der Waals surface area contributed by atoms with Crippen molar-refractivity contribution < 1.29 is 17.6 Å². The summed E-state index contributed by atoms with van der Waals surface area (Å²) in [7, 11) is -4.09. The fourth-order valence-corrected chi connectivity index (χ4v) is 4.94. The van der Waals surface area contributed by atoms with Gasteiger partial charge in [-0.05, 0) is 36.8 Å². The highest BCUT2D eigenvalue weighted by Crippen LogP contribution is 2.38. The van der Waals surface area contributed by atoms with E-state index in [2.05, 4.69) is 0 Å².